The lowest BCUT2D eigenvalue weighted by atomic mass is 10.2. The van der Waals surface area contributed by atoms with Crippen LogP contribution >= 0.6 is 0 Å². The zero-order chi connectivity index (χ0) is 15.0. The lowest BCUT2D eigenvalue weighted by Gasteiger charge is -2.24. The maximum atomic E-state index is 11.7. The second-order valence-electron chi connectivity index (χ2n) is 5.26. The highest BCUT2D eigenvalue weighted by Gasteiger charge is 2.21. The van der Waals surface area contributed by atoms with E-state index in [2.05, 4.69) is 15.2 Å². The van der Waals surface area contributed by atoms with E-state index in [1.54, 1.807) is 12.4 Å². The molecule has 0 aliphatic heterocycles. The molecule has 0 spiro atoms. The Balaban J connectivity index is 2.45. The second kappa shape index (κ2) is 8.66. The van der Waals surface area contributed by atoms with Gasteiger partial charge in [-0.3, -0.25) is 9.78 Å². The van der Waals surface area contributed by atoms with E-state index < -0.39 is 0 Å². The number of aromatic nitrogens is 1. The van der Waals surface area contributed by atoms with Gasteiger partial charge in [0.1, 0.15) is 6.04 Å². The van der Waals surface area contributed by atoms with Crippen LogP contribution in [0.1, 0.15) is 19.4 Å². The van der Waals surface area contributed by atoms with Crippen molar-refractivity contribution < 1.29 is 9.53 Å². The van der Waals surface area contributed by atoms with Crippen molar-refractivity contribution in [2.45, 2.75) is 32.4 Å². The fraction of sp³-hybridized carbons (Fsp3) is 0.600. The van der Waals surface area contributed by atoms with E-state index in [0.29, 0.717) is 6.54 Å². The number of nitrogens with zero attached hydrogens (tertiary/aromatic N) is 2. The van der Waals surface area contributed by atoms with Gasteiger partial charge in [0.25, 0.3) is 0 Å². The molecule has 0 radical (unpaired) electrons. The zero-order valence-corrected chi connectivity index (χ0v) is 12.8. The molecule has 0 saturated heterocycles. The molecule has 0 saturated carbocycles. The lowest BCUT2D eigenvalue weighted by molar-refractivity contribution is -0.143. The normalized spacial score (nSPS) is 12.7. The smallest absolute Gasteiger partial charge is 0.324 e. The summed E-state index contributed by atoms with van der Waals surface area (Å²) in [4.78, 5) is 17.9. The first-order valence-electron chi connectivity index (χ1n) is 6.94. The number of ether oxygens (including phenoxy) is 1. The Hall–Kier alpha value is -1.46. The molecule has 1 N–H and O–H groups in total. The van der Waals surface area contributed by atoms with Gasteiger partial charge in [-0.25, -0.2) is 0 Å². The van der Waals surface area contributed by atoms with Crippen LogP contribution < -0.4 is 5.32 Å². The zero-order valence-electron chi connectivity index (χ0n) is 12.8. The third-order valence-electron chi connectivity index (χ3n) is 3.05. The van der Waals surface area contributed by atoms with Crippen molar-refractivity contribution in [2.24, 2.45) is 0 Å². The second-order valence-corrected chi connectivity index (χ2v) is 5.26. The van der Waals surface area contributed by atoms with Crippen LogP contribution in [-0.2, 0) is 16.0 Å². The minimum absolute atomic E-state index is 0.213. The standard InChI is InChI=1S/C15H25N3O2/c1-12(2)17-14(15(19)20-4)11-18(3)10-7-13-5-8-16-9-6-13/h5-6,8-9,12,14,17H,7,10-11H2,1-4H3. The van der Waals surface area contributed by atoms with Crippen LogP contribution in [-0.4, -0.2) is 55.2 Å². The molecule has 0 amide bonds. The monoisotopic (exact) mass is 279 g/mol. The van der Waals surface area contributed by atoms with E-state index in [4.69, 9.17) is 4.74 Å². The van der Waals surface area contributed by atoms with Crippen molar-refractivity contribution in [2.75, 3.05) is 27.2 Å². The van der Waals surface area contributed by atoms with Gasteiger partial charge in [-0.05, 0) is 31.2 Å². The Morgan fingerprint density at radius 1 is 1.40 bits per heavy atom. The van der Waals surface area contributed by atoms with E-state index in [9.17, 15) is 4.79 Å². The molecule has 0 aliphatic carbocycles. The molecular weight excluding hydrogens is 254 g/mol. The molecule has 112 valence electrons. The number of rotatable bonds is 8. The summed E-state index contributed by atoms with van der Waals surface area (Å²) >= 11 is 0. The van der Waals surface area contributed by atoms with Gasteiger partial charge in [-0.15, -0.1) is 0 Å². The first kappa shape index (κ1) is 16.6. The largest absolute Gasteiger partial charge is 0.468 e. The van der Waals surface area contributed by atoms with Gasteiger partial charge in [0.05, 0.1) is 7.11 Å². The van der Waals surface area contributed by atoms with Gasteiger partial charge in [0, 0.05) is 31.5 Å². The van der Waals surface area contributed by atoms with Crippen LogP contribution in [0.2, 0.25) is 0 Å². The molecular formula is C15H25N3O2. The predicted octanol–water partition coefficient (Wildman–Crippen LogP) is 1.10. The fourth-order valence-electron chi connectivity index (χ4n) is 2.01. The topological polar surface area (TPSA) is 54.5 Å². The molecule has 0 aromatic carbocycles. The Kier molecular flexibility index (Phi) is 7.18. The summed E-state index contributed by atoms with van der Waals surface area (Å²) in [5.41, 5.74) is 1.25. The number of hydrogen-bond acceptors (Lipinski definition) is 5. The molecule has 5 heteroatoms. The molecule has 5 nitrogen and oxygen atoms in total. The van der Waals surface area contributed by atoms with Gasteiger partial charge in [-0.2, -0.15) is 0 Å². The third kappa shape index (κ3) is 6.12. The Labute approximate surface area is 121 Å². The third-order valence-corrected chi connectivity index (χ3v) is 3.05. The molecule has 20 heavy (non-hydrogen) atoms. The van der Waals surface area contributed by atoms with Crippen molar-refractivity contribution in [1.82, 2.24) is 15.2 Å². The van der Waals surface area contributed by atoms with Crippen molar-refractivity contribution in [3.63, 3.8) is 0 Å². The molecule has 1 heterocycles. The van der Waals surface area contributed by atoms with Gasteiger partial charge in [-0.1, -0.05) is 13.8 Å². The highest BCUT2D eigenvalue weighted by atomic mass is 16.5. The first-order chi connectivity index (χ1) is 9.52. The fourth-order valence-corrected chi connectivity index (χ4v) is 2.01. The van der Waals surface area contributed by atoms with Gasteiger partial charge in [0.15, 0.2) is 0 Å². The van der Waals surface area contributed by atoms with Crippen molar-refractivity contribution in [3.05, 3.63) is 30.1 Å². The van der Waals surface area contributed by atoms with Gasteiger partial charge >= 0.3 is 5.97 Å². The quantitative estimate of drug-likeness (QED) is 0.722. The molecule has 1 aromatic heterocycles. The predicted molar refractivity (Wildman–Crippen MR) is 79.5 cm³/mol. The molecule has 0 bridgehead atoms. The number of methoxy groups -OCH3 is 1. The lowest BCUT2D eigenvalue weighted by Crippen LogP contribution is -2.48. The molecule has 1 aromatic rings. The molecule has 1 unspecified atom stereocenters. The van der Waals surface area contributed by atoms with E-state index in [1.807, 2.05) is 33.0 Å². The highest BCUT2D eigenvalue weighted by molar-refractivity contribution is 5.75. The molecule has 1 rings (SSSR count). The van der Waals surface area contributed by atoms with Crippen LogP contribution in [0.15, 0.2) is 24.5 Å². The number of nitrogens with one attached hydrogen (secondary N) is 1. The van der Waals surface area contributed by atoms with Crippen LogP contribution in [0.5, 0.6) is 0 Å². The number of pyridine rings is 1. The summed E-state index contributed by atoms with van der Waals surface area (Å²) in [5, 5.41) is 3.23. The Morgan fingerprint density at radius 3 is 2.60 bits per heavy atom. The van der Waals surface area contributed by atoms with Gasteiger partial charge < -0.3 is 15.0 Å². The summed E-state index contributed by atoms with van der Waals surface area (Å²) in [6.07, 6.45) is 4.54. The summed E-state index contributed by atoms with van der Waals surface area (Å²) in [7, 11) is 3.44. The van der Waals surface area contributed by atoms with E-state index in [1.165, 1.54) is 12.7 Å². The summed E-state index contributed by atoms with van der Waals surface area (Å²) < 4.78 is 4.84. The van der Waals surface area contributed by atoms with Crippen LogP contribution in [0.25, 0.3) is 0 Å². The number of carbonyl (C=O) groups is 1. The molecule has 0 fully saturated rings. The number of carbonyl (C=O) groups excluding carboxylic acids is 1. The van der Waals surface area contributed by atoms with E-state index in [-0.39, 0.29) is 18.1 Å². The average molecular weight is 279 g/mol. The number of esters is 1. The van der Waals surface area contributed by atoms with Crippen molar-refractivity contribution >= 4 is 5.97 Å². The van der Waals surface area contributed by atoms with Crippen LogP contribution in [0.3, 0.4) is 0 Å². The number of likely N-dealkylation sites (N-methyl/N-ethyl adjacent to an activating group) is 1. The minimum atomic E-state index is -0.289. The van der Waals surface area contributed by atoms with Crippen molar-refractivity contribution in [1.29, 1.82) is 0 Å². The molecule has 1 atom stereocenters. The Bertz CT molecular complexity index is 395. The highest BCUT2D eigenvalue weighted by Crippen LogP contribution is 2.01. The minimum Gasteiger partial charge on any atom is -0.468 e. The maximum absolute atomic E-state index is 11.7. The van der Waals surface area contributed by atoms with E-state index >= 15 is 0 Å². The Morgan fingerprint density at radius 2 is 2.05 bits per heavy atom. The van der Waals surface area contributed by atoms with Crippen LogP contribution in [0, 0.1) is 0 Å². The molecule has 0 aliphatic rings. The van der Waals surface area contributed by atoms with E-state index in [0.717, 1.165) is 13.0 Å². The summed E-state index contributed by atoms with van der Waals surface area (Å²) in [5.74, 6) is -0.213. The number of hydrogen-bond donors (Lipinski definition) is 1. The summed E-state index contributed by atoms with van der Waals surface area (Å²) in [6.45, 7) is 5.56. The van der Waals surface area contributed by atoms with Crippen LogP contribution in [0.4, 0.5) is 0 Å². The average Bonchev–Trinajstić information content (AvgIpc) is 2.44. The van der Waals surface area contributed by atoms with Gasteiger partial charge in [0.2, 0.25) is 0 Å². The summed E-state index contributed by atoms with van der Waals surface area (Å²) in [6, 6.07) is 3.98. The maximum Gasteiger partial charge on any atom is 0.324 e. The SMILES string of the molecule is COC(=O)C(CN(C)CCc1ccncc1)NC(C)C. The van der Waals surface area contributed by atoms with Crippen molar-refractivity contribution in [3.8, 4) is 0 Å². The first-order valence-corrected chi connectivity index (χ1v) is 6.94.